The highest BCUT2D eigenvalue weighted by atomic mass is 14.2. The van der Waals surface area contributed by atoms with E-state index in [-0.39, 0.29) is 7.43 Å². The zero-order valence-corrected chi connectivity index (χ0v) is 23.3. The van der Waals surface area contributed by atoms with Gasteiger partial charge in [0.25, 0.3) is 0 Å². The normalized spacial score (nSPS) is 16.2. The Hall–Kier alpha value is -0.780. The fraction of sp³-hybridized carbons (Fsp3) is 0.812. The lowest BCUT2D eigenvalue weighted by molar-refractivity contribution is 0.279. The van der Waals surface area contributed by atoms with E-state index in [9.17, 15) is 0 Å². The molecule has 2 fully saturated rings. The third kappa shape index (κ3) is 18.8. The van der Waals surface area contributed by atoms with E-state index in [1.54, 1.807) is 0 Å². The standard InChI is InChI=1S/2C9H18.C9H12.2C2H6.CH4/c3*1-8(2)9-6-4-3-5-7-9;2*1-2;/h2*8-9H,3-7H2,1-2H3;3-8H,1-2H3;2*1-2H3;1H4. The van der Waals surface area contributed by atoms with Gasteiger partial charge < -0.3 is 0 Å². The predicted octanol–water partition coefficient (Wildman–Crippen LogP) is 11.9. The molecule has 3 rings (SSSR count). The second-order valence-electron chi connectivity index (χ2n) is 9.85. The van der Waals surface area contributed by atoms with E-state index in [0.29, 0.717) is 5.92 Å². The average Bonchev–Trinajstić information content (AvgIpc) is 2.84. The van der Waals surface area contributed by atoms with Gasteiger partial charge in [0.05, 0.1) is 0 Å². The lowest BCUT2D eigenvalue weighted by Gasteiger charge is -2.24. The quantitative estimate of drug-likeness (QED) is 0.431. The van der Waals surface area contributed by atoms with E-state index < -0.39 is 0 Å². The van der Waals surface area contributed by atoms with Crippen molar-refractivity contribution >= 4 is 0 Å². The minimum absolute atomic E-state index is 0. The van der Waals surface area contributed by atoms with Crippen molar-refractivity contribution in [2.75, 3.05) is 0 Å². The number of rotatable bonds is 3. The molecule has 0 aliphatic heterocycles. The lowest BCUT2D eigenvalue weighted by Crippen LogP contribution is -2.12. The topological polar surface area (TPSA) is 0 Å². The molecule has 0 N–H and O–H groups in total. The average molecular weight is 449 g/mol. The molecule has 2 saturated carbocycles. The Morgan fingerprint density at radius 1 is 0.531 bits per heavy atom. The molecule has 32 heavy (non-hydrogen) atoms. The fourth-order valence-corrected chi connectivity index (χ4v) is 4.44. The molecule has 0 nitrogen and oxygen atoms in total. The van der Waals surface area contributed by atoms with Gasteiger partial charge in [0, 0.05) is 0 Å². The smallest absolute Gasteiger partial charge is 0.0219 e. The molecule has 0 saturated heterocycles. The largest absolute Gasteiger partial charge is 0.0776 e. The first kappa shape index (κ1) is 35.8. The molecule has 0 spiro atoms. The van der Waals surface area contributed by atoms with Crippen molar-refractivity contribution in [3.63, 3.8) is 0 Å². The minimum Gasteiger partial charge on any atom is -0.0776 e. The molecular formula is C32H64. The van der Waals surface area contributed by atoms with Gasteiger partial charge in [0.2, 0.25) is 0 Å². The van der Waals surface area contributed by atoms with Crippen LogP contribution in [0.2, 0.25) is 0 Å². The van der Waals surface area contributed by atoms with Gasteiger partial charge >= 0.3 is 0 Å². The van der Waals surface area contributed by atoms with Crippen LogP contribution in [-0.2, 0) is 0 Å². The van der Waals surface area contributed by atoms with Gasteiger partial charge in [0.15, 0.2) is 0 Å². The van der Waals surface area contributed by atoms with Crippen LogP contribution in [-0.4, -0.2) is 0 Å². The summed E-state index contributed by atoms with van der Waals surface area (Å²) < 4.78 is 0. The van der Waals surface area contributed by atoms with Crippen LogP contribution < -0.4 is 0 Å². The molecule has 0 bridgehead atoms. The summed E-state index contributed by atoms with van der Waals surface area (Å²) in [7, 11) is 0. The van der Waals surface area contributed by atoms with E-state index in [2.05, 4.69) is 65.8 Å². The van der Waals surface area contributed by atoms with Crippen molar-refractivity contribution in [1.82, 2.24) is 0 Å². The Kier molecular flexibility index (Phi) is 27.8. The molecule has 1 aromatic rings. The third-order valence-corrected chi connectivity index (χ3v) is 6.65. The van der Waals surface area contributed by atoms with Crippen LogP contribution in [0.15, 0.2) is 30.3 Å². The molecule has 0 heteroatoms. The van der Waals surface area contributed by atoms with Gasteiger partial charge in [-0.2, -0.15) is 0 Å². The van der Waals surface area contributed by atoms with Gasteiger partial charge in [-0.1, -0.05) is 171 Å². The van der Waals surface area contributed by atoms with Gasteiger partial charge in [-0.15, -0.1) is 0 Å². The fourth-order valence-electron chi connectivity index (χ4n) is 4.44. The lowest BCUT2D eigenvalue weighted by atomic mass is 9.82. The highest BCUT2D eigenvalue weighted by Gasteiger charge is 2.16. The second-order valence-corrected chi connectivity index (χ2v) is 9.85. The van der Waals surface area contributed by atoms with Crippen molar-refractivity contribution in [1.29, 1.82) is 0 Å². The van der Waals surface area contributed by atoms with E-state index >= 15 is 0 Å². The molecule has 0 unspecified atom stereocenters. The maximum Gasteiger partial charge on any atom is -0.0219 e. The molecule has 0 radical (unpaired) electrons. The van der Waals surface area contributed by atoms with Gasteiger partial charge in [0.1, 0.15) is 0 Å². The van der Waals surface area contributed by atoms with Crippen molar-refractivity contribution in [2.45, 2.75) is 147 Å². The third-order valence-electron chi connectivity index (χ3n) is 6.65. The summed E-state index contributed by atoms with van der Waals surface area (Å²) in [6.45, 7) is 21.8. The summed E-state index contributed by atoms with van der Waals surface area (Å²) in [6, 6.07) is 10.5. The van der Waals surface area contributed by atoms with Crippen LogP contribution in [0.1, 0.15) is 152 Å². The zero-order chi connectivity index (χ0) is 24.1. The molecule has 1 aromatic carbocycles. The van der Waals surface area contributed by atoms with Gasteiger partial charge in [-0.05, 0) is 35.2 Å². The van der Waals surface area contributed by atoms with Gasteiger partial charge in [-0.3, -0.25) is 0 Å². The van der Waals surface area contributed by atoms with E-state index in [4.69, 9.17) is 0 Å². The first-order valence-electron chi connectivity index (χ1n) is 14.0. The van der Waals surface area contributed by atoms with E-state index in [1.807, 2.05) is 33.8 Å². The first-order valence-corrected chi connectivity index (χ1v) is 14.0. The van der Waals surface area contributed by atoms with Crippen LogP contribution in [0.3, 0.4) is 0 Å². The van der Waals surface area contributed by atoms with Crippen LogP contribution in [0.4, 0.5) is 0 Å². The Labute approximate surface area is 206 Å². The molecule has 192 valence electrons. The monoisotopic (exact) mass is 449 g/mol. The SMILES string of the molecule is C.CC.CC.CC(C)C1CCCCC1.CC(C)C1CCCCC1.CC(C)c1ccccc1. The Bertz CT molecular complexity index is 408. The maximum atomic E-state index is 2.36. The van der Waals surface area contributed by atoms with Crippen LogP contribution in [0.5, 0.6) is 0 Å². The van der Waals surface area contributed by atoms with Gasteiger partial charge in [-0.25, -0.2) is 0 Å². The minimum atomic E-state index is 0. The molecule has 0 heterocycles. The van der Waals surface area contributed by atoms with E-state index in [1.165, 1.54) is 69.8 Å². The van der Waals surface area contributed by atoms with Crippen molar-refractivity contribution in [2.24, 2.45) is 23.7 Å². The number of hydrogen-bond acceptors (Lipinski definition) is 0. The molecule has 0 aromatic heterocycles. The predicted molar refractivity (Wildman–Crippen MR) is 153 cm³/mol. The summed E-state index contributed by atoms with van der Waals surface area (Å²) in [5.74, 6) is 4.64. The number of benzene rings is 1. The number of hydrogen-bond donors (Lipinski definition) is 0. The van der Waals surface area contributed by atoms with Crippen LogP contribution in [0, 0.1) is 23.7 Å². The van der Waals surface area contributed by atoms with E-state index in [0.717, 1.165) is 23.7 Å². The molecule has 2 aliphatic rings. The highest BCUT2D eigenvalue weighted by molar-refractivity contribution is 5.17. The zero-order valence-electron chi connectivity index (χ0n) is 23.3. The molecular weight excluding hydrogens is 384 g/mol. The van der Waals surface area contributed by atoms with Crippen molar-refractivity contribution < 1.29 is 0 Å². The maximum absolute atomic E-state index is 2.36. The Morgan fingerprint density at radius 3 is 1.03 bits per heavy atom. The Morgan fingerprint density at radius 2 is 0.844 bits per heavy atom. The van der Waals surface area contributed by atoms with Crippen molar-refractivity contribution in [3.8, 4) is 0 Å². The summed E-state index contributed by atoms with van der Waals surface area (Å²) in [4.78, 5) is 0. The second kappa shape index (κ2) is 24.9. The van der Waals surface area contributed by atoms with Crippen LogP contribution >= 0.6 is 0 Å². The summed E-state index contributed by atoms with van der Waals surface area (Å²) in [6.07, 6.45) is 14.9. The molecule has 0 atom stereocenters. The Balaban J connectivity index is -0.000000360. The summed E-state index contributed by atoms with van der Waals surface area (Å²) >= 11 is 0. The van der Waals surface area contributed by atoms with Crippen molar-refractivity contribution in [3.05, 3.63) is 35.9 Å². The highest BCUT2D eigenvalue weighted by Crippen LogP contribution is 2.29. The van der Waals surface area contributed by atoms with Crippen LogP contribution in [0.25, 0.3) is 0 Å². The summed E-state index contributed by atoms with van der Waals surface area (Å²) in [5, 5.41) is 0. The molecule has 0 amide bonds. The molecule has 2 aliphatic carbocycles. The first-order chi connectivity index (χ1) is 14.9. The summed E-state index contributed by atoms with van der Waals surface area (Å²) in [5.41, 5.74) is 1.41.